The summed E-state index contributed by atoms with van der Waals surface area (Å²) in [4.78, 5) is 0. The molecule has 0 radical (unpaired) electrons. The lowest BCUT2D eigenvalue weighted by atomic mass is 10.0. The van der Waals surface area contributed by atoms with E-state index in [9.17, 15) is 0 Å². The van der Waals surface area contributed by atoms with Crippen LogP contribution in [0.4, 0.5) is 0 Å². The van der Waals surface area contributed by atoms with Gasteiger partial charge in [0, 0.05) is 12.3 Å². The van der Waals surface area contributed by atoms with Crippen molar-refractivity contribution in [3.05, 3.63) is 119 Å². The predicted octanol–water partition coefficient (Wildman–Crippen LogP) is 4.92. The smallest absolute Gasteiger partial charge is 0.140 e. The van der Waals surface area contributed by atoms with E-state index in [2.05, 4.69) is 127 Å². The van der Waals surface area contributed by atoms with Crippen LogP contribution in [0.3, 0.4) is 0 Å². The summed E-state index contributed by atoms with van der Waals surface area (Å²) in [7, 11) is 0. The number of rotatable bonds is 14. The Hall–Kier alpha value is -5.04. The van der Waals surface area contributed by atoms with Gasteiger partial charge in [-0.2, -0.15) is 0 Å². The third-order valence-electron chi connectivity index (χ3n) is 9.35. The van der Waals surface area contributed by atoms with Crippen molar-refractivity contribution in [2.24, 2.45) is 17.8 Å². The molecule has 0 spiro atoms. The van der Waals surface area contributed by atoms with E-state index in [1.165, 1.54) is 5.56 Å². The van der Waals surface area contributed by atoms with Crippen molar-refractivity contribution in [3.8, 4) is 0 Å². The number of hydrogen-bond donors (Lipinski definition) is 1. The van der Waals surface area contributed by atoms with Crippen molar-refractivity contribution in [1.29, 1.82) is 0 Å². The van der Waals surface area contributed by atoms with E-state index in [0.717, 1.165) is 28.3 Å². The summed E-state index contributed by atoms with van der Waals surface area (Å²) in [6.45, 7) is 15.1. The van der Waals surface area contributed by atoms with Gasteiger partial charge in [0.25, 0.3) is 0 Å². The normalized spacial score (nSPS) is 15.2. The van der Waals surface area contributed by atoms with E-state index in [4.69, 9.17) is 5.10 Å². The summed E-state index contributed by atoms with van der Waals surface area (Å²) < 4.78 is 7.63. The first-order valence-electron chi connectivity index (χ1n) is 17.2. The van der Waals surface area contributed by atoms with Gasteiger partial charge >= 0.3 is 0 Å². The van der Waals surface area contributed by atoms with Crippen LogP contribution in [0.5, 0.6) is 0 Å². The van der Waals surface area contributed by atoms with Gasteiger partial charge in [0.1, 0.15) is 46.9 Å². The maximum Gasteiger partial charge on any atom is 0.140 e. The summed E-state index contributed by atoms with van der Waals surface area (Å²) in [5.74, 6) is 0.737. The molecule has 3 N–H and O–H groups in total. The lowest BCUT2D eigenvalue weighted by Crippen LogP contribution is -2.56. The topological polar surface area (TPSA) is 150 Å². The average molecular weight is 663 g/mol. The molecule has 0 aliphatic heterocycles. The van der Waals surface area contributed by atoms with Gasteiger partial charge in [-0.25, -0.2) is 18.7 Å². The minimum absolute atomic E-state index is 0.0485. The Balaban J connectivity index is 1.32. The van der Waals surface area contributed by atoms with E-state index in [1.807, 2.05) is 67.8 Å². The molecule has 0 bridgehead atoms. The SMILES string of the molecule is CC(C)[C@H]([NH3+])c1cn([C@H](c2cn([C@@H](Cc3ccccc3)c3cn([C@H](c4cn([C@H](C)c5ccccc5)nn4)C(C)C)nn3)nn2)C(C)C)nn1. The van der Waals surface area contributed by atoms with Crippen LogP contribution in [-0.2, 0) is 6.42 Å². The van der Waals surface area contributed by atoms with E-state index < -0.39 is 0 Å². The monoisotopic (exact) mass is 662 g/mol. The molecule has 6 aromatic rings. The molecule has 0 aliphatic carbocycles. The van der Waals surface area contributed by atoms with Crippen LogP contribution in [0.15, 0.2) is 85.5 Å². The van der Waals surface area contributed by atoms with Crippen LogP contribution < -0.4 is 5.73 Å². The highest BCUT2D eigenvalue weighted by molar-refractivity contribution is 5.21. The standard InChI is InChI=1S/C36H47N13/c1-23(2)34(37)30-20-49(45-39-30)36(25(5)6)32-22-47(43-41-32)33(18-27-14-10-8-11-15-27)29-19-48(44-38-29)35(24(3)4)31-21-46(42-40-31)26(7)28-16-12-9-13-17-28/h8-17,19-26,33-36H,18,37H2,1-7H3/p+1/t26-,33+,34+,35+,36+/m1/s1. The van der Waals surface area contributed by atoms with Gasteiger partial charge in [0.2, 0.25) is 0 Å². The number of nitrogens with zero attached hydrogens (tertiary/aromatic N) is 12. The van der Waals surface area contributed by atoms with E-state index in [-0.39, 0.29) is 42.0 Å². The molecule has 0 unspecified atom stereocenters. The second-order valence-electron chi connectivity index (χ2n) is 14.0. The minimum atomic E-state index is -0.247. The van der Waals surface area contributed by atoms with Gasteiger partial charge in [-0.15, -0.1) is 20.4 Å². The predicted molar refractivity (Wildman–Crippen MR) is 185 cm³/mol. The molecule has 0 saturated carbocycles. The number of aromatic nitrogens is 12. The van der Waals surface area contributed by atoms with Crippen LogP contribution in [0.25, 0.3) is 0 Å². The Labute approximate surface area is 287 Å². The second-order valence-corrected chi connectivity index (χ2v) is 14.0. The summed E-state index contributed by atoms with van der Waals surface area (Å²) in [6, 6.07) is 20.2. The Morgan fingerprint density at radius 2 is 0.959 bits per heavy atom. The summed E-state index contributed by atoms with van der Waals surface area (Å²) in [5, 5.41) is 36.8. The Morgan fingerprint density at radius 3 is 1.53 bits per heavy atom. The lowest BCUT2D eigenvalue weighted by Gasteiger charge is -2.19. The molecule has 0 amide bonds. The fourth-order valence-electron chi connectivity index (χ4n) is 6.33. The lowest BCUT2D eigenvalue weighted by molar-refractivity contribution is -0.439. The second kappa shape index (κ2) is 14.6. The van der Waals surface area contributed by atoms with Crippen LogP contribution in [0, 0.1) is 17.8 Å². The highest BCUT2D eigenvalue weighted by atomic mass is 15.5. The first kappa shape index (κ1) is 33.8. The summed E-state index contributed by atoms with van der Waals surface area (Å²) >= 11 is 0. The molecule has 0 saturated heterocycles. The number of benzene rings is 2. The fourth-order valence-corrected chi connectivity index (χ4v) is 6.33. The van der Waals surface area contributed by atoms with Gasteiger partial charge in [0.05, 0.1) is 30.8 Å². The molecular weight excluding hydrogens is 614 g/mol. The molecule has 2 aromatic carbocycles. The largest absolute Gasteiger partial charge is 0.350 e. The van der Waals surface area contributed by atoms with Crippen molar-refractivity contribution in [2.45, 2.75) is 85.1 Å². The number of hydrogen-bond acceptors (Lipinski definition) is 8. The zero-order valence-electron chi connectivity index (χ0n) is 29.5. The van der Waals surface area contributed by atoms with Gasteiger partial charge in [-0.3, -0.25) is 0 Å². The molecule has 6 rings (SSSR count). The molecule has 256 valence electrons. The van der Waals surface area contributed by atoms with Crippen LogP contribution in [0.2, 0.25) is 0 Å². The van der Waals surface area contributed by atoms with E-state index >= 15 is 0 Å². The quantitative estimate of drug-likeness (QED) is 0.173. The van der Waals surface area contributed by atoms with Gasteiger partial charge in [-0.05, 0) is 29.9 Å². The van der Waals surface area contributed by atoms with Crippen LogP contribution >= 0.6 is 0 Å². The van der Waals surface area contributed by atoms with E-state index in [0.29, 0.717) is 12.3 Å². The maximum absolute atomic E-state index is 4.73. The van der Waals surface area contributed by atoms with Crippen molar-refractivity contribution < 1.29 is 5.73 Å². The minimum Gasteiger partial charge on any atom is -0.350 e. The van der Waals surface area contributed by atoms with Crippen molar-refractivity contribution in [3.63, 3.8) is 0 Å². The van der Waals surface area contributed by atoms with Crippen LogP contribution in [0.1, 0.15) is 113 Å². The first-order valence-corrected chi connectivity index (χ1v) is 17.2. The molecule has 0 fully saturated rings. The van der Waals surface area contributed by atoms with Crippen molar-refractivity contribution in [1.82, 2.24) is 60.0 Å². The molecule has 4 aromatic heterocycles. The fraction of sp³-hybridized carbons (Fsp3) is 0.444. The third kappa shape index (κ3) is 7.36. The Bertz CT molecular complexity index is 1900. The average Bonchev–Trinajstić information content (AvgIpc) is 3.93. The highest BCUT2D eigenvalue weighted by Gasteiger charge is 2.30. The van der Waals surface area contributed by atoms with Crippen molar-refractivity contribution >= 4 is 0 Å². The highest BCUT2D eigenvalue weighted by Crippen LogP contribution is 2.30. The van der Waals surface area contributed by atoms with Gasteiger partial charge in [-0.1, -0.05) is 123 Å². The summed E-state index contributed by atoms with van der Waals surface area (Å²) in [6.07, 6.45) is 8.71. The van der Waals surface area contributed by atoms with Gasteiger partial charge in [0.15, 0.2) is 0 Å². The van der Waals surface area contributed by atoms with E-state index in [1.54, 1.807) is 0 Å². The molecule has 49 heavy (non-hydrogen) atoms. The molecule has 5 atom stereocenters. The molecule has 13 heteroatoms. The molecule has 13 nitrogen and oxygen atoms in total. The van der Waals surface area contributed by atoms with Crippen molar-refractivity contribution in [2.75, 3.05) is 0 Å². The van der Waals surface area contributed by atoms with Crippen LogP contribution in [-0.4, -0.2) is 60.0 Å². The zero-order valence-corrected chi connectivity index (χ0v) is 29.5. The Kier molecular flexibility index (Phi) is 10.1. The first-order chi connectivity index (χ1) is 23.6. The third-order valence-corrected chi connectivity index (χ3v) is 9.35. The summed E-state index contributed by atoms with van der Waals surface area (Å²) in [5.41, 5.74) is 9.94. The maximum atomic E-state index is 4.73. The zero-order chi connectivity index (χ0) is 34.7. The number of quaternary nitrogens is 1. The molecular formula is C36H48N13+. The van der Waals surface area contributed by atoms with Gasteiger partial charge < -0.3 is 5.73 Å². The molecule has 0 aliphatic rings. The molecule has 4 heterocycles. The Morgan fingerprint density at radius 1 is 0.510 bits per heavy atom.